The molecule has 0 aliphatic carbocycles. The molecule has 2 rings (SSSR count). The van der Waals surface area contributed by atoms with Gasteiger partial charge < -0.3 is 10.2 Å². The van der Waals surface area contributed by atoms with Crippen LogP contribution in [0.1, 0.15) is 5.82 Å². The molecule has 0 radical (unpaired) electrons. The van der Waals surface area contributed by atoms with Crippen molar-refractivity contribution in [3.05, 3.63) is 11.9 Å². The molecule has 2 heterocycles. The van der Waals surface area contributed by atoms with Gasteiger partial charge in [0, 0.05) is 27.2 Å². The summed E-state index contributed by atoms with van der Waals surface area (Å²) in [5.74, 6) is -1.09. The van der Waals surface area contributed by atoms with Crippen LogP contribution in [-0.4, -0.2) is 41.3 Å². The van der Waals surface area contributed by atoms with E-state index in [1.54, 1.807) is 19.0 Å². The molecule has 0 fully saturated rings. The molecule has 1 N–H and O–H groups in total. The lowest BCUT2D eigenvalue weighted by atomic mass is 10.5. The van der Waals surface area contributed by atoms with Crippen LogP contribution in [0.2, 0.25) is 0 Å². The molecule has 0 saturated carbocycles. The molecule has 0 aromatic carbocycles. The molecule has 0 spiro atoms. The van der Waals surface area contributed by atoms with E-state index < -0.39 is 12.0 Å². The molecule has 0 saturated heterocycles. The quantitative estimate of drug-likeness (QED) is 0.861. The Morgan fingerprint density at radius 1 is 1.24 bits per heavy atom. The van der Waals surface area contributed by atoms with Gasteiger partial charge >= 0.3 is 6.18 Å². The zero-order valence-electron chi connectivity index (χ0n) is 11.3. The van der Waals surface area contributed by atoms with Crippen molar-refractivity contribution in [1.82, 2.24) is 20.2 Å². The van der Waals surface area contributed by atoms with E-state index in [1.165, 1.54) is 24.5 Å². The van der Waals surface area contributed by atoms with E-state index in [1.807, 2.05) is 0 Å². The van der Waals surface area contributed by atoms with Gasteiger partial charge in [-0.25, -0.2) is 9.97 Å². The summed E-state index contributed by atoms with van der Waals surface area (Å²) in [7, 11) is 5.10. The minimum atomic E-state index is -4.60. The first kappa shape index (κ1) is 15.8. The molecule has 0 aliphatic rings. The number of halogens is 3. The van der Waals surface area contributed by atoms with Gasteiger partial charge in [-0.05, 0) is 11.8 Å². The van der Waals surface area contributed by atoms with E-state index in [2.05, 4.69) is 25.5 Å². The molecule has 0 unspecified atom stereocenters. The fourth-order valence-electron chi connectivity index (χ4n) is 1.25. The standard InChI is InChI=1S/C10H11F3N6S2/c1-14-5-4-6(16-7(15-5)10(11,12)13)20-9-18-17-8(21-9)19(2)3/h4H,1-3H3,(H,14,15,16). The molecular formula is C10H11F3N6S2. The summed E-state index contributed by atoms with van der Waals surface area (Å²) in [6.07, 6.45) is -4.60. The summed E-state index contributed by atoms with van der Waals surface area (Å²) in [6, 6.07) is 1.43. The third-order valence-corrected chi connectivity index (χ3v) is 4.24. The number of alkyl halides is 3. The van der Waals surface area contributed by atoms with Crippen LogP contribution in [0.3, 0.4) is 0 Å². The van der Waals surface area contributed by atoms with Crippen LogP contribution in [0.25, 0.3) is 0 Å². The Kier molecular flexibility index (Phi) is 4.52. The number of hydrogen-bond acceptors (Lipinski definition) is 8. The van der Waals surface area contributed by atoms with Crippen LogP contribution in [0.5, 0.6) is 0 Å². The maximum atomic E-state index is 12.7. The Morgan fingerprint density at radius 3 is 2.48 bits per heavy atom. The minimum Gasteiger partial charge on any atom is -0.373 e. The SMILES string of the molecule is CNc1cc(Sc2nnc(N(C)C)s2)nc(C(F)(F)F)n1. The summed E-state index contributed by atoms with van der Waals surface area (Å²) in [6.45, 7) is 0. The first-order valence-electron chi connectivity index (χ1n) is 5.62. The van der Waals surface area contributed by atoms with E-state index in [0.29, 0.717) is 9.47 Å². The van der Waals surface area contributed by atoms with Gasteiger partial charge in [-0.2, -0.15) is 13.2 Å². The average Bonchev–Trinajstić information content (AvgIpc) is 2.86. The molecule has 6 nitrogen and oxygen atoms in total. The Balaban J connectivity index is 2.30. The Labute approximate surface area is 126 Å². The van der Waals surface area contributed by atoms with Crippen molar-refractivity contribution in [3.63, 3.8) is 0 Å². The van der Waals surface area contributed by atoms with Gasteiger partial charge in [0.05, 0.1) is 0 Å². The fraction of sp³-hybridized carbons (Fsp3) is 0.400. The fourth-order valence-corrected chi connectivity index (χ4v) is 2.96. The predicted octanol–water partition coefficient (Wildman–Crippen LogP) is 2.61. The van der Waals surface area contributed by atoms with Gasteiger partial charge in [0.1, 0.15) is 10.8 Å². The van der Waals surface area contributed by atoms with Crippen molar-refractivity contribution in [1.29, 1.82) is 0 Å². The molecular weight excluding hydrogens is 325 g/mol. The van der Waals surface area contributed by atoms with Crippen molar-refractivity contribution in [2.75, 3.05) is 31.4 Å². The average molecular weight is 336 g/mol. The molecule has 2 aromatic rings. The van der Waals surface area contributed by atoms with E-state index in [0.717, 1.165) is 11.8 Å². The summed E-state index contributed by atoms with van der Waals surface area (Å²) in [4.78, 5) is 8.68. The first-order chi connectivity index (χ1) is 9.79. The minimum absolute atomic E-state index is 0.0946. The van der Waals surface area contributed by atoms with Gasteiger partial charge in [-0.1, -0.05) is 11.3 Å². The van der Waals surface area contributed by atoms with Crippen LogP contribution in [0, 0.1) is 0 Å². The van der Waals surface area contributed by atoms with Gasteiger partial charge in [-0.15, -0.1) is 10.2 Å². The summed E-state index contributed by atoms with van der Waals surface area (Å²) in [5, 5.41) is 11.2. The van der Waals surface area contributed by atoms with Gasteiger partial charge in [0.25, 0.3) is 0 Å². The van der Waals surface area contributed by atoms with Crippen LogP contribution >= 0.6 is 23.1 Å². The highest BCUT2D eigenvalue weighted by atomic mass is 32.2. The molecule has 0 amide bonds. The van der Waals surface area contributed by atoms with Crippen molar-refractivity contribution in [2.45, 2.75) is 15.5 Å². The van der Waals surface area contributed by atoms with Crippen LogP contribution in [0.15, 0.2) is 15.4 Å². The van der Waals surface area contributed by atoms with Crippen molar-refractivity contribution < 1.29 is 13.2 Å². The predicted molar refractivity (Wildman–Crippen MR) is 74.9 cm³/mol. The van der Waals surface area contributed by atoms with Gasteiger partial charge in [0.15, 0.2) is 4.34 Å². The summed E-state index contributed by atoms with van der Waals surface area (Å²) >= 11 is 2.28. The smallest absolute Gasteiger partial charge is 0.373 e. The topological polar surface area (TPSA) is 66.8 Å². The van der Waals surface area contributed by atoms with Crippen molar-refractivity contribution in [2.24, 2.45) is 0 Å². The summed E-state index contributed by atoms with van der Waals surface area (Å²) in [5.41, 5.74) is 0. The third-order valence-electron chi connectivity index (χ3n) is 2.18. The second kappa shape index (κ2) is 6.02. The van der Waals surface area contributed by atoms with Crippen LogP contribution in [-0.2, 0) is 6.18 Å². The Hall–Kier alpha value is -1.62. The van der Waals surface area contributed by atoms with E-state index in [9.17, 15) is 13.2 Å². The second-order valence-corrected chi connectivity index (χ2v) is 6.23. The summed E-state index contributed by atoms with van der Waals surface area (Å²) < 4.78 is 38.7. The zero-order valence-corrected chi connectivity index (χ0v) is 12.9. The highest BCUT2D eigenvalue weighted by molar-refractivity contribution is 8.01. The van der Waals surface area contributed by atoms with Gasteiger partial charge in [0.2, 0.25) is 11.0 Å². The molecule has 21 heavy (non-hydrogen) atoms. The molecule has 0 aliphatic heterocycles. The van der Waals surface area contributed by atoms with Gasteiger partial charge in [-0.3, -0.25) is 0 Å². The first-order valence-corrected chi connectivity index (χ1v) is 7.25. The maximum Gasteiger partial charge on any atom is 0.451 e. The third kappa shape index (κ3) is 3.94. The van der Waals surface area contributed by atoms with E-state index >= 15 is 0 Å². The highest BCUT2D eigenvalue weighted by Crippen LogP contribution is 2.34. The Morgan fingerprint density at radius 2 is 1.95 bits per heavy atom. The number of nitrogens with one attached hydrogen (secondary N) is 1. The van der Waals surface area contributed by atoms with Crippen molar-refractivity contribution in [3.8, 4) is 0 Å². The van der Waals surface area contributed by atoms with Crippen molar-refractivity contribution >= 4 is 34.0 Å². The van der Waals surface area contributed by atoms with Crippen LogP contribution < -0.4 is 10.2 Å². The molecule has 0 atom stereocenters. The highest BCUT2D eigenvalue weighted by Gasteiger charge is 2.35. The van der Waals surface area contributed by atoms with E-state index in [4.69, 9.17) is 0 Å². The van der Waals surface area contributed by atoms with Crippen LogP contribution in [0.4, 0.5) is 24.1 Å². The lowest BCUT2D eigenvalue weighted by Gasteiger charge is -2.08. The van der Waals surface area contributed by atoms with E-state index in [-0.39, 0.29) is 10.8 Å². The number of rotatable bonds is 4. The second-order valence-electron chi connectivity index (χ2n) is 4.01. The monoisotopic (exact) mass is 336 g/mol. The molecule has 0 bridgehead atoms. The number of anilines is 2. The molecule has 11 heteroatoms. The Bertz CT molecular complexity index is 627. The molecule has 2 aromatic heterocycles. The maximum absolute atomic E-state index is 12.7. The molecule has 114 valence electrons. The lowest BCUT2D eigenvalue weighted by molar-refractivity contribution is -0.145. The number of aromatic nitrogens is 4. The number of hydrogen-bond donors (Lipinski definition) is 1. The zero-order chi connectivity index (χ0) is 15.6. The number of nitrogens with zero attached hydrogens (tertiary/aromatic N) is 5. The normalized spacial score (nSPS) is 11.5. The largest absolute Gasteiger partial charge is 0.451 e. The lowest BCUT2D eigenvalue weighted by Crippen LogP contribution is -2.12.